The lowest BCUT2D eigenvalue weighted by molar-refractivity contribution is -0.137. The van der Waals surface area contributed by atoms with Crippen molar-refractivity contribution >= 4 is 17.7 Å². The lowest BCUT2D eigenvalue weighted by Gasteiger charge is -2.30. The number of hydrogen-bond donors (Lipinski definition) is 1. The van der Waals surface area contributed by atoms with Gasteiger partial charge in [-0.3, -0.25) is 4.79 Å². The first kappa shape index (κ1) is 25.4. The van der Waals surface area contributed by atoms with Crippen molar-refractivity contribution in [2.75, 3.05) is 19.0 Å². The second-order valence-corrected chi connectivity index (χ2v) is 9.88. The second-order valence-electron chi connectivity index (χ2n) is 8.74. The van der Waals surface area contributed by atoms with Crippen LogP contribution in [0.5, 0.6) is 11.5 Å². The quantitative estimate of drug-likeness (QED) is 0.488. The Kier molecular flexibility index (Phi) is 9.03. The molecule has 5 nitrogen and oxygen atoms in total. The molecule has 2 aromatic rings. The van der Waals surface area contributed by atoms with Gasteiger partial charge in [0.2, 0.25) is 0 Å². The maximum absolute atomic E-state index is 13.8. The molecule has 0 spiro atoms. The summed E-state index contributed by atoms with van der Waals surface area (Å²) in [6.07, 6.45) is 0.949. The van der Waals surface area contributed by atoms with E-state index >= 15 is 0 Å². The van der Waals surface area contributed by atoms with Crippen LogP contribution in [0, 0.1) is 5.82 Å². The highest BCUT2D eigenvalue weighted by Crippen LogP contribution is 2.37. The minimum atomic E-state index is -0.203. The monoisotopic (exact) mass is 474 g/mol. The van der Waals surface area contributed by atoms with Gasteiger partial charge in [0.15, 0.2) is 18.1 Å². The largest absolute Gasteiger partial charge is 0.490 e. The van der Waals surface area contributed by atoms with E-state index in [0.717, 1.165) is 28.2 Å². The summed E-state index contributed by atoms with van der Waals surface area (Å²) < 4.78 is 25.4. The van der Waals surface area contributed by atoms with Crippen molar-refractivity contribution in [3.8, 4) is 11.5 Å². The van der Waals surface area contributed by atoms with Crippen molar-refractivity contribution in [3.05, 3.63) is 53.3 Å². The molecule has 7 heteroatoms. The number of hydrogen-bond acceptors (Lipinski definition) is 5. The van der Waals surface area contributed by atoms with E-state index in [0.29, 0.717) is 24.7 Å². The molecule has 1 aliphatic rings. The molecule has 0 radical (unpaired) electrons. The third kappa shape index (κ3) is 6.64. The zero-order chi connectivity index (χ0) is 24.0. The van der Waals surface area contributed by atoms with Crippen molar-refractivity contribution < 1.29 is 18.7 Å². The molecular formula is C26H35FN2O3S. The van der Waals surface area contributed by atoms with Gasteiger partial charge in [-0.15, -0.1) is 11.8 Å². The number of carbonyl (C=O) groups is 1. The van der Waals surface area contributed by atoms with Gasteiger partial charge in [-0.05, 0) is 88.3 Å². The summed E-state index contributed by atoms with van der Waals surface area (Å²) in [5.41, 5.74) is 2.06. The number of amides is 1. The number of nitrogens with zero attached hydrogens (tertiary/aromatic N) is 1. The Morgan fingerprint density at radius 1 is 1.12 bits per heavy atom. The Morgan fingerprint density at radius 2 is 1.88 bits per heavy atom. The van der Waals surface area contributed by atoms with Gasteiger partial charge in [0.1, 0.15) is 5.82 Å². The standard InChI is InChI=1S/C26H35FN2O3S/c1-6-31-24-13-19(7-9-23(24)32-16-26(30)29(17(2)3)18(4)5)15-28-22-11-12-33-25-10-8-20(27)14-21(22)25/h7-10,13-14,17-18,22,28H,6,11-12,15-16H2,1-5H3. The molecule has 1 aliphatic heterocycles. The highest BCUT2D eigenvalue weighted by molar-refractivity contribution is 7.99. The first-order valence-electron chi connectivity index (χ1n) is 11.7. The van der Waals surface area contributed by atoms with E-state index < -0.39 is 0 Å². The molecule has 0 bridgehead atoms. The highest BCUT2D eigenvalue weighted by atomic mass is 32.2. The summed E-state index contributed by atoms with van der Waals surface area (Å²) in [4.78, 5) is 15.6. The molecule has 3 rings (SSSR count). The van der Waals surface area contributed by atoms with Crippen molar-refractivity contribution in [1.29, 1.82) is 0 Å². The van der Waals surface area contributed by atoms with Gasteiger partial charge in [0.25, 0.3) is 5.91 Å². The zero-order valence-electron chi connectivity index (χ0n) is 20.2. The SMILES string of the molecule is CCOc1cc(CNC2CCSc3ccc(F)cc32)ccc1OCC(=O)N(C(C)C)C(C)C. The van der Waals surface area contributed by atoms with Gasteiger partial charge >= 0.3 is 0 Å². The van der Waals surface area contributed by atoms with Gasteiger partial charge in [0.05, 0.1) is 6.61 Å². The molecule has 0 saturated heterocycles. The van der Waals surface area contributed by atoms with Crippen molar-refractivity contribution in [3.63, 3.8) is 0 Å². The van der Waals surface area contributed by atoms with Crippen molar-refractivity contribution in [2.24, 2.45) is 0 Å². The maximum atomic E-state index is 13.8. The number of halogens is 1. The molecule has 0 fully saturated rings. The van der Waals surface area contributed by atoms with Crippen LogP contribution in [0.3, 0.4) is 0 Å². The fourth-order valence-electron chi connectivity index (χ4n) is 4.25. The maximum Gasteiger partial charge on any atom is 0.260 e. The third-order valence-electron chi connectivity index (χ3n) is 5.62. The minimum Gasteiger partial charge on any atom is -0.490 e. The van der Waals surface area contributed by atoms with Crippen LogP contribution >= 0.6 is 11.8 Å². The van der Waals surface area contributed by atoms with Crippen molar-refractivity contribution in [1.82, 2.24) is 10.2 Å². The minimum absolute atomic E-state index is 0.0316. The lowest BCUT2D eigenvalue weighted by atomic mass is 10.0. The van der Waals surface area contributed by atoms with E-state index in [1.165, 1.54) is 6.07 Å². The summed E-state index contributed by atoms with van der Waals surface area (Å²) in [6.45, 7) is 11.0. The Hall–Kier alpha value is -2.25. The molecule has 0 aromatic heterocycles. The molecule has 1 unspecified atom stereocenters. The molecule has 2 aromatic carbocycles. The van der Waals surface area contributed by atoms with E-state index in [1.807, 2.05) is 63.8 Å². The number of ether oxygens (including phenoxy) is 2. The number of rotatable bonds is 10. The molecule has 1 atom stereocenters. The first-order valence-corrected chi connectivity index (χ1v) is 12.6. The van der Waals surface area contributed by atoms with Crippen LogP contribution in [-0.4, -0.2) is 41.9 Å². The van der Waals surface area contributed by atoms with Crippen LogP contribution < -0.4 is 14.8 Å². The zero-order valence-corrected chi connectivity index (χ0v) is 21.0. The van der Waals surface area contributed by atoms with Crippen LogP contribution in [0.1, 0.15) is 58.2 Å². The van der Waals surface area contributed by atoms with Crippen LogP contribution in [0.15, 0.2) is 41.3 Å². The Bertz CT molecular complexity index is 943. The number of fused-ring (bicyclic) bond motifs is 1. The first-order chi connectivity index (χ1) is 15.8. The van der Waals surface area contributed by atoms with Crippen LogP contribution in [0.25, 0.3) is 0 Å². The van der Waals surface area contributed by atoms with E-state index in [1.54, 1.807) is 17.8 Å². The third-order valence-corrected chi connectivity index (χ3v) is 6.75. The fourth-order valence-corrected chi connectivity index (χ4v) is 5.36. The molecular weight excluding hydrogens is 439 g/mol. The summed E-state index contributed by atoms with van der Waals surface area (Å²) in [6, 6.07) is 11.1. The Morgan fingerprint density at radius 3 is 2.58 bits per heavy atom. The topological polar surface area (TPSA) is 50.8 Å². The number of nitrogens with one attached hydrogen (secondary N) is 1. The number of carbonyl (C=O) groups excluding carboxylic acids is 1. The van der Waals surface area contributed by atoms with E-state index in [2.05, 4.69) is 5.32 Å². The number of thioether (sulfide) groups is 1. The Labute approximate surface area is 201 Å². The summed E-state index contributed by atoms with van der Waals surface area (Å²) in [5.74, 6) is 1.93. The van der Waals surface area contributed by atoms with Gasteiger partial charge in [0, 0.05) is 29.6 Å². The van der Waals surface area contributed by atoms with Crippen LogP contribution in [0.2, 0.25) is 0 Å². The van der Waals surface area contributed by atoms with E-state index in [9.17, 15) is 9.18 Å². The molecule has 180 valence electrons. The second kappa shape index (κ2) is 11.7. The number of benzene rings is 2. The predicted molar refractivity (Wildman–Crippen MR) is 132 cm³/mol. The van der Waals surface area contributed by atoms with Gasteiger partial charge in [-0.25, -0.2) is 4.39 Å². The summed E-state index contributed by atoms with van der Waals surface area (Å²) in [7, 11) is 0. The van der Waals surface area contributed by atoms with Crippen molar-refractivity contribution in [2.45, 2.75) is 70.6 Å². The molecule has 0 saturated carbocycles. The highest BCUT2D eigenvalue weighted by Gasteiger charge is 2.22. The smallest absolute Gasteiger partial charge is 0.260 e. The van der Waals surface area contributed by atoms with E-state index in [4.69, 9.17) is 9.47 Å². The average Bonchev–Trinajstić information content (AvgIpc) is 2.76. The Balaban J connectivity index is 1.67. The van der Waals surface area contributed by atoms with Gasteiger partial charge in [-0.1, -0.05) is 6.07 Å². The van der Waals surface area contributed by atoms with Gasteiger partial charge < -0.3 is 19.7 Å². The molecule has 1 amide bonds. The average molecular weight is 475 g/mol. The van der Waals surface area contributed by atoms with E-state index in [-0.39, 0.29) is 36.5 Å². The van der Waals surface area contributed by atoms with Crippen LogP contribution in [-0.2, 0) is 11.3 Å². The normalized spacial score (nSPS) is 15.5. The summed E-state index contributed by atoms with van der Waals surface area (Å²) >= 11 is 1.77. The predicted octanol–water partition coefficient (Wildman–Crippen LogP) is 5.58. The molecule has 33 heavy (non-hydrogen) atoms. The lowest BCUT2D eigenvalue weighted by Crippen LogP contribution is -2.44. The molecule has 0 aliphatic carbocycles. The molecule has 1 heterocycles. The van der Waals surface area contributed by atoms with Crippen LogP contribution in [0.4, 0.5) is 4.39 Å². The fraction of sp³-hybridized carbons (Fsp3) is 0.500. The molecule has 1 N–H and O–H groups in total. The summed E-state index contributed by atoms with van der Waals surface area (Å²) in [5, 5.41) is 3.56. The van der Waals surface area contributed by atoms with Gasteiger partial charge in [-0.2, -0.15) is 0 Å².